The summed E-state index contributed by atoms with van der Waals surface area (Å²) in [5.41, 5.74) is 3.72. The van der Waals surface area contributed by atoms with Gasteiger partial charge in [0.2, 0.25) is 0 Å². The molecule has 2 aromatic carbocycles. The lowest BCUT2D eigenvalue weighted by Crippen LogP contribution is -2.20. The van der Waals surface area contributed by atoms with Gasteiger partial charge in [-0.1, -0.05) is 18.2 Å². The van der Waals surface area contributed by atoms with Crippen LogP contribution in [0.5, 0.6) is 0 Å². The van der Waals surface area contributed by atoms with Crippen molar-refractivity contribution >= 4 is 17.3 Å². The molecule has 5 heteroatoms. The van der Waals surface area contributed by atoms with Crippen molar-refractivity contribution in [1.29, 1.82) is 0 Å². The van der Waals surface area contributed by atoms with Crippen LogP contribution in [0.25, 0.3) is 0 Å². The molecule has 0 bridgehead atoms. The molecule has 0 atom stereocenters. The van der Waals surface area contributed by atoms with Crippen molar-refractivity contribution < 1.29 is 14.4 Å². The number of aryl methyl sites for hydroxylation is 1. The first-order valence-corrected chi connectivity index (χ1v) is 5.68. The van der Waals surface area contributed by atoms with E-state index in [-0.39, 0.29) is 5.56 Å². The average Bonchev–Trinajstić information content (AvgIpc) is 2.41. The number of hydrogen-bond donors (Lipinski definition) is 3. The lowest BCUT2D eigenvalue weighted by molar-refractivity contribution is 0.0707. The van der Waals surface area contributed by atoms with Crippen LogP contribution in [0.1, 0.15) is 15.9 Å². The Balaban J connectivity index is 2.41. The second-order valence-corrected chi connectivity index (χ2v) is 4.07. The Hall–Kier alpha value is -2.40. The summed E-state index contributed by atoms with van der Waals surface area (Å²) in [5, 5.41) is 11.7. The fourth-order valence-electron chi connectivity index (χ4n) is 1.74. The molecule has 0 spiro atoms. The molecule has 0 fully saturated rings. The highest BCUT2D eigenvalue weighted by Gasteiger charge is 2.12. The quantitative estimate of drug-likeness (QED) is 0.587. The zero-order chi connectivity index (χ0) is 13.8. The van der Waals surface area contributed by atoms with Crippen molar-refractivity contribution in [3.63, 3.8) is 0 Å². The van der Waals surface area contributed by atoms with E-state index in [1.165, 1.54) is 12.1 Å². The number of anilines is 2. The van der Waals surface area contributed by atoms with Crippen molar-refractivity contribution in [3.05, 3.63) is 59.4 Å². The number of para-hydroxylation sites is 1. The third kappa shape index (κ3) is 2.89. The van der Waals surface area contributed by atoms with Crippen LogP contribution in [0.4, 0.5) is 15.8 Å². The molecular formula is C14H13FN2O2. The number of carbonyl (C=O) groups is 1. The average molecular weight is 260 g/mol. The van der Waals surface area contributed by atoms with E-state index >= 15 is 0 Å². The molecule has 0 aromatic heterocycles. The number of hydroxylamine groups is 1. The summed E-state index contributed by atoms with van der Waals surface area (Å²) in [6.07, 6.45) is 0. The standard InChI is InChI=1S/C14H13FN2O2/c1-9-4-2-3-5-12(9)16-13-8-10(15)6-7-11(13)14(18)17-19/h2-8,16,19H,1H3,(H,17,18). The van der Waals surface area contributed by atoms with E-state index in [9.17, 15) is 9.18 Å². The van der Waals surface area contributed by atoms with Crippen LogP contribution in [0, 0.1) is 12.7 Å². The van der Waals surface area contributed by atoms with Crippen LogP contribution in [0.3, 0.4) is 0 Å². The summed E-state index contributed by atoms with van der Waals surface area (Å²) >= 11 is 0. The molecule has 4 nitrogen and oxygen atoms in total. The molecule has 0 unspecified atom stereocenters. The monoisotopic (exact) mass is 260 g/mol. The highest BCUT2D eigenvalue weighted by molar-refractivity contribution is 5.99. The summed E-state index contributed by atoms with van der Waals surface area (Å²) in [4.78, 5) is 11.5. The van der Waals surface area contributed by atoms with Gasteiger partial charge in [-0.05, 0) is 36.8 Å². The van der Waals surface area contributed by atoms with Crippen molar-refractivity contribution in [2.75, 3.05) is 5.32 Å². The van der Waals surface area contributed by atoms with Crippen molar-refractivity contribution in [2.24, 2.45) is 0 Å². The minimum absolute atomic E-state index is 0.159. The lowest BCUT2D eigenvalue weighted by Gasteiger charge is -2.12. The summed E-state index contributed by atoms with van der Waals surface area (Å²) in [5.74, 6) is -1.17. The molecule has 0 heterocycles. The molecule has 0 saturated heterocycles. The van der Waals surface area contributed by atoms with Gasteiger partial charge < -0.3 is 5.32 Å². The predicted octanol–water partition coefficient (Wildman–Crippen LogP) is 3.00. The third-order valence-corrected chi connectivity index (χ3v) is 2.74. The molecule has 19 heavy (non-hydrogen) atoms. The van der Waals surface area contributed by atoms with E-state index in [1.807, 2.05) is 31.2 Å². The molecule has 98 valence electrons. The molecule has 0 aliphatic heterocycles. The Kier molecular flexibility index (Phi) is 3.77. The second-order valence-electron chi connectivity index (χ2n) is 4.07. The first-order chi connectivity index (χ1) is 9.11. The fourth-order valence-corrected chi connectivity index (χ4v) is 1.74. The van der Waals surface area contributed by atoms with E-state index < -0.39 is 11.7 Å². The number of halogens is 1. The maximum atomic E-state index is 13.3. The van der Waals surface area contributed by atoms with E-state index in [1.54, 1.807) is 5.48 Å². The molecule has 0 aliphatic carbocycles. The van der Waals surface area contributed by atoms with E-state index in [0.29, 0.717) is 5.69 Å². The first kappa shape index (κ1) is 13.0. The molecule has 1 amide bonds. The molecule has 3 N–H and O–H groups in total. The zero-order valence-corrected chi connectivity index (χ0v) is 10.3. The van der Waals surface area contributed by atoms with Gasteiger partial charge in [-0.15, -0.1) is 0 Å². The molecule has 2 rings (SSSR count). The topological polar surface area (TPSA) is 61.4 Å². The molecule has 0 radical (unpaired) electrons. The Bertz CT molecular complexity index is 614. The van der Waals surface area contributed by atoms with Crippen molar-refractivity contribution in [1.82, 2.24) is 5.48 Å². The Morgan fingerprint density at radius 2 is 1.89 bits per heavy atom. The van der Waals surface area contributed by atoms with Crippen LogP contribution in [-0.4, -0.2) is 11.1 Å². The van der Waals surface area contributed by atoms with Gasteiger partial charge in [0.1, 0.15) is 5.82 Å². The third-order valence-electron chi connectivity index (χ3n) is 2.74. The number of amides is 1. The van der Waals surface area contributed by atoms with E-state index in [0.717, 1.165) is 17.3 Å². The molecule has 0 aliphatic rings. The van der Waals surface area contributed by atoms with Crippen LogP contribution < -0.4 is 10.8 Å². The van der Waals surface area contributed by atoms with E-state index in [2.05, 4.69) is 5.32 Å². The van der Waals surface area contributed by atoms with E-state index in [4.69, 9.17) is 5.21 Å². The van der Waals surface area contributed by atoms with Gasteiger partial charge in [-0.25, -0.2) is 9.87 Å². The number of benzene rings is 2. The van der Waals surface area contributed by atoms with Crippen LogP contribution >= 0.6 is 0 Å². The summed E-state index contributed by atoms with van der Waals surface area (Å²) < 4.78 is 13.3. The van der Waals surface area contributed by atoms with Crippen LogP contribution in [0.15, 0.2) is 42.5 Å². The number of hydrogen-bond acceptors (Lipinski definition) is 3. The molecule has 2 aromatic rings. The second kappa shape index (κ2) is 5.49. The highest BCUT2D eigenvalue weighted by Crippen LogP contribution is 2.24. The number of carbonyl (C=O) groups excluding carboxylic acids is 1. The maximum absolute atomic E-state index is 13.3. The van der Waals surface area contributed by atoms with Gasteiger partial charge >= 0.3 is 0 Å². The van der Waals surface area contributed by atoms with Gasteiger partial charge in [0, 0.05) is 5.69 Å². The SMILES string of the molecule is Cc1ccccc1Nc1cc(F)ccc1C(=O)NO. The smallest absolute Gasteiger partial charge is 0.276 e. The van der Waals surface area contributed by atoms with Crippen LogP contribution in [-0.2, 0) is 0 Å². The van der Waals surface area contributed by atoms with Gasteiger partial charge in [0.15, 0.2) is 0 Å². The van der Waals surface area contributed by atoms with Crippen LogP contribution in [0.2, 0.25) is 0 Å². The largest absolute Gasteiger partial charge is 0.355 e. The van der Waals surface area contributed by atoms with Gasteiger partial charge in [0.25, 0.3) is 5.91 Å². The lowest BCUT2D eigenvalue weighted by atomic mass is 10.1. The fraction of sp³-hybridized carbons (Fsp3) is 0.0714. The first-order valence-electron chi connectivity index (χ1n) is 5.68. The minimum Gasteiger partial charge on any atom is -0.355 e. The number of rotatable bonds is 3. The Morgan fingerprint density at radius 1 is 1.16 bits per heavy atom. The van der Waals surface area contributed by atoms with Crippen molar-refractivity contribution in [2.45, 2.75) is 6.92 Å². The Morgan fingerprint density at radius 3 is 2.58 bits per heavy atom. The summed E-state index contributed by atoms with van der Waals surface area (Å²) in [7, 11) is 0. The van der Waals surface area contributed by atoms with Crippen molar-refractivity contribution in [3.8, 4) is 0 Å². The predicted molar refractivity (Wildman–Crippen MR) is 70.1 cm³/mol. The maximum Gasteiger partial charge on any atom is 0.276 e. The zero-order valence-electron chi connectivity index (χ0n) is 10.3. The summed E-state index contributed by atoms with van der Waals surface area (Å²) in [6, 6.07) is 11.1. The van der Waals surface area contributed by atoms with Gasteiger partial charge in [-0.2, -0.15) is 0 Å². The Labute approximate surface area is 109 Å². The minimum atomic E-state index is -0.698. The normalized spacial score (nSPS) is 10.1. The van der Waals surface area contributed by atoms with Gasteiger partial charge in [0.05, 0.1) is 11.3 Å². The number of nitrogens with one attached hydrogen (secondary N) is 2. The molecule has 0 saturated carbocycles. The van der Waals surface area contributed by atoms with Gasteiger partial charge in [-0.3, -0.25) is 10.0 Å². The molecular weight excluding hydrogens is 247 g/mol. The summed E-state index contributed by atoms with van der Waals surface area (Å²) in [6.45, 7) is 1.90. The highest BCUT2D eigenvalue weighted by atomic mass is 19.1.